The van der Waals surface area contributed by atoms with Gasteiger partial charge >= 0.3 is 0 Å². The molecule has 3 aromatic rings. The zero-order valence-corrected chi connectivity index (χ0v) is 11.7. The summed E-state index contributed by atoms with van der Waals surface area (Å²) in [5, 5.41) is 2.44. The van der Waals surface area contributed by atoms with Gasteiger partial charge < -0.3 is 16.8 Å². The fourth-order valence-electron chi connectivity index (χ4n) is 1.98. The number of carbonyl (C=O) groups is 1. The molecule has 0 fully saturated rings. The van der Waals surface area contributed by atoms with Gasteiger partial charge in [0.05, 0.1) is 0 Å². The summed E-state index contributed by atoms with van der Waals surface area (Å²) in [6.45, 7) is 0. The molecule has 0 radical (unpaired) electrons. The number of nitrogens with zero attached hydrogens (tertiary/aromatic N) is 4. The van der Waals surface area contributed by atoms with Gasteiger partial charge in [0, 0.05) is 12.6 Å². The van der Waals surface area contributed by atoms with E-state index in [1.54, 1.807) is 0 Å². The van der Waals surface area contributed by atoms with Gasteiger partial charge in [-0.25, -0.2) is 19.9 Å². The third-order valence-electron chi connectivity index (χ3n) is 3.06. The Morgan fingerprint density at radius 3 is 2.41 bits per heavy atom. The van der Waals surface area contributed by atoms with E-state index in [-0.39, 0.29) is 28.5 Å². The molecule has 0 aliphatic rings. The zero-order valence-electron chi connectivity index (χ0n) is 11.7. The second-order valence-corrected chi connectivity index (χ2v) is 4.51. The van der Waals surface area contributed by atoms with Crippen LogP contribution >= 0.6 is 0 Å². The van der Waals surface area contributed by atoms with Crippen LogP contribution < -0.4 is 16.8 Å². The molecule has 0 bridgehead atoms. The van der Waals surface area contributed by atoms with Gasteiger partial charge in [-0.1, -0.05) is 30.3 Å². The Hall–Kier alpha value is -3.29. The normalized spacial score (nSPS) is 10.6. The second-order valence-electron chi connectivity index (χ2n) is 4.51. The number of nitrogen functional groups attached to an aromatic ring is 2. The highest BCUT2D eigenvalue weighted by Gasteiger charge is 2.17. The van der Waals surface area contributed by atoms with Crippen molar-refractivity contribution in [3.8, 4) is 11.4 Å². The lowest BCUT2D eigenvalue weighted by atomic mass is 10.2. The maximum absolute atomic E-state index is 11.7. The Bertz CT molecular complexity index is 864. The monoisotopic (exact) mass is 295 g/mol. The van der Waals surface area contributed by atoms with Gasteiger partial charge in [0.1, 0.15) is 0 Å². The van der Waals surface area contributed by atoms with E-state index in [0.29, 0.717) is 5.82 Å². The summed E-state index contributed by atoms with van der Waals surface area (Å²) < 4.78 is 0. The van der Waals surface area contributed by atoms with Crippen molar-refractivity contribution in [1.82, 2.24) is 25.3 Å². The first-order chi connectivity index (χ1) is 10.6. The molecule has 0 spiro atoms. The number of aromatic nitrogens is 4. The largest absolute Gasteiger partial charge is 0.382 e. The minimum atomic E-state index is -0.446. The summed E-state index contributed by atoms with van der Waals surface area (Å²) in [4.78, 5) is 28.5. The van der Waals surface area contributed by atoms with Crippen molar-refractivity contribution in [3.63, 3.8) is 0 Å². The van der Waals surface area contributed by atoms with Crippen LogP contribution in [0.3, 0.4) is 0 Å². The number of rotatable bonds is 2. The molecular formula is C14H13N7O. The first-order valence-corrected chi connectivity index (χ1v) is 6.48. The van der Waals surface area contributed by atoms with Gasteiger partial charge in [-0.2, -0.15) is 0 Å². The number of hydrogen-bond donors (Lipinski definition) is 3. The van der Waals surface area contributed by atoms with Crippen molar-refractivity contribution in [2.24, 2.45) is 0 Å². The number of carbonyl (C=O) groups excluding carboxylic acids is 1. The van der Waals surface area contributed by atoms with Gasteiger partial charge in [0.25, 0.3) is 5.91 Å². The molecule has 8 nitrogen and oxygen atoms in total. The third kappa shape index (κ3) is 2.26. The Morgan fingerprint density at radius 1 is 1.00 bits per heavy atom. The maximum Gasteiger partial charge on any atom is 0.273 e. The van der Waals surface area contributed by atoms with Crippen LogP contribution in [0.4, 0.5) is 11.6 Å². The first kappa shape index (κ1) is 13.7. The molecule has 2 heterocycles. The summed E-state index contributed by atoms with van der Waals surface area (Å²) in [7, 11) is 1.48. The fraction of sp³-hybridized carbons (Fsp3) is 0.0714. The van der Waals surface area contributed by atoms with E-state index in [4.69, 9.17) is 11.5 Å². The predicted molar refractivity (Wildman–Crippen MR) is 82.8 cm³/mol. The number of nitrogens with two attached hydrogens (primary N) is 2. The molecule has 8 heteroatoms. The highest BCUT2D eigenvalue weighted by molar-refractivity contribution is 5.99. The van der Waals surface area contributed by atoms with Crippen LogP contribution in [-0.4, -0.2) is 32.9 Å². The van der Waals surface area contributed by atoms with E-state index in [1.807, 2.05) is 30.3 Å². The lowest BCUT2D eigenvalue weighted by Gasteiger charge is -2.07. The SMILES string of the molecule is CNC(=O)c1nc2c(N)nc(-c3ccccc3)nc2nc1N. The molecule has 0 saturated heterocycles. The molecule has 5 N–H and O–H groups in total. The molecule has 22 heavy (non-hydrogen) atoms. The Kier molecular flexibility index (Phi) is 3.26. The number of nitrogens with one attached hydrogen (secondary N) is 1. The zero-order chi connectivity index (χ0) is 15.7. The molecule has 0 aliphatic heterocycles. The summed E-state index contributed by atoms with van der Waals surface area (Å²) in [5.74, 6) is 0.107. The molecule has 1 aromatic carbocycles. The summed E-state index contributed by atoms with van der Waals surface area (Å²) in [6, 6.07) is 9.34. The molecule has 110 valence electrons. The fourth-order valence-corrected chi connectivity index (χ4v) is 1.98. The summed E-state index contributed by atoms with van der Waals surface area (Å²) in [5.41, 5.74) is 13.0. The second kappa shape index (κ2) is 5.24. The van der Waals surface area contributed by atoms with Crippen LogP contribution in [-0.2, 0) is 0 Å². The Labute approximate surface area is 125 Å². The van der Waals surface area contributed by atoms with Gasteiger partial charge in [-0.3, -0.25) is 4.79 Å². The van der Waals surface area contributed by atoms with Crippen LogP contribution in [0.5, 0.6) is 0 Å². The Balaban J connectivity index is 2.22. The van der Waals surface area contributed by atoms with Crippen LogP contribution in [0, 0.1) is 0 Å². The van der Waals surface area contributed by atoms with E-state index in [9.17, 15) is 4.79 Å². The average molecular weight is 295 g/mol. The standard InChI is InChI=1S/C14H13N7O/c1-17-14(22)9-11(16)20-13-8(18-9)10(15)19-12(21-13)7-5-3-2-4-6-7/h2-6H,1H3,(H,17,22)(H4,15,16,19,20,21). The summed E-state index contributed by atoms with van der Waals surface area (Å²) in [6.07, 6.45) is 0. The van der Waals surface area contributed by atoms with Crippen molar-refractivity contribution in [3.05, 3.63) is 36.0 Å². The van der Waals surface area contributed by atoms with E-state index >= 15 is 0 Å². The summed E-state index contributed by atoms with van der Waals surface area (Å²) >= 11 is 0. The van der Waals surface area contributed by atoms with E-state index in [0.717, 1.165) is 5.56 Å². The smallest absolute Gasteiger partial charge is 0.273 e. The Morgan fingerprint density at radius 2 is 1.73 bits per heavy atom. The predicted octanol–water partition coefficient (Wildman–Crippen LogP) is 0.611. The quantitative estimate of drug-likeness (QED) is 0.630. The van der Waals surface area contributed by atoms with Crippen LogP contribution in [0.15, 0.2) is 30.3 Å². The number of anilines is 2. The lowest BCUT2D eigenvalue weighted by molar-refractivity contribution is 0.0959. The number of fused-ring (bicyclic) bond motifs is 1. The molecule has 0 atom stereocenters. The highest BCUT2D eigenvalue weighted by Crippen LogP contribution is 2.22. The van der Waals surface area contributed by atoms with Gasteiger partial charge in [0.15, 0.2) is 34.3 Å². The minimum absolute atomic E-state index is 0.00207. The highest BCUT2D eigenvalue weighted by atomic mass is 16.1. The molecular weight excluding hydrogens is 282 g/mol. The average Bonchev–Trinajstić information content (AvgIpc) is 2.54. The molecule has 0 unspecified atom stereocenters. The van der Waals surface area contributed by atoms with Gasteiger partial charge in [0.2, 0.25) is 0 Å². The molecule has 3 rings (SSSR count). The lowest BCUT2D eigenvalue weighted by Crippen LogP contribution is -2.22. The maximum atomic E-state index is 11.7. The van der Waals surface area contributed by atoms with Gasteiger partial charge in [-0.15, -0.1) is 0 Å². The van der Waals surface area contributed by atoms with Crippen molar-refractivity contribution in [1.29, 1.82) is 0 Å². The van der Waals surface area contributed by atoms with Crippen molar-refractivity contribution in [2.45, 2.75) is 0 Å². The van der Waals surface area contributed by atoms with E-state index in [2.05, 4.69) is 25.3 Å². The van der Waals surface area contributed by atoms with Crippen LogP contribution in [0.25, 0.3) is 22.6 Å². The van der Waals surface area contributed by atoms with E-state index in [1.165, 1.54) is 7.05 Å². The number of amides is 1. The number of hydrogen-bond acceptors (Lipinski definition) is 7. The van der Waals surface area contributed by atoms with Crippen LogP contribution in [0.1, 0.15) is 10.5 Å². The topological polar surface area (TPSA) is 133 Å². The third-order valence-corrected chi connectivity index (χ3v) is 3.06. The molecule has 0 aliphatic carbocycles. The molecule has 1 amide bonds. The van der Waals surface area contributed by atoms with Crippen molar-refractivity contribution >= 4 is 28.7 Å². The van der Waals surface area contributed by atoms with Crippen LogP contribution in [0.2, 0.25) is 0 Å². The first-order valence-electron chi connectivity index (χ1n) is 6.48. The van der Waals surface area contributed by atoms with Gasteiger partial charge in [-0.05, 0) is 0 Å². The van der Waals surface area contributed by atoms with Crippen molar-refractivity contribution in [2.75, 3.05) is 18.5 Å². The minimum Gasteiger partial charge on any atom is -0.382 e. The van der Waals surface area contributed by atoms with E-state index < -0.39 is 5.91 Å². The molecule has 0 saturated carbocycles. The number of benzene rings is 1. The molecule has 2 aromatic heterocycles. The van der Waals surface area contributed by atoms with Crippen molar-refractivity contribution < 1.29 is 4.79 Å².